The van der Waals surface area contributed by atoms with Gasteiger partial charge in [-0.05, 0) is 48.5 Å². The maximum Gasteiger partial charge on any atom is 0.341 e. The molecule has 4 N–H and O–H groups in total. The molecule has 0 saturated heterocycles. The molecule has 0 atom stereocenters. The Kier molecular flexibility index (Phi) is 6.92. The van der Waals surface area contributed by atoms with Gasteiger partial charge in [-0.25, -0.2) is 9.59 Å². The summed E-state index contributed by atoms with van der Waals surface area (Å²) in [5.41, 5.74) is 2.54. The number of methoxy groups -OCH3 is 1. The molecule has 0 heterocycles. The van der Waals surface area contributed by atoms with Crippen LogP contribution in [0.25, 0.3) is 0 Å². The van der Waals surface area contributed by atoms with Gasteiger partial charge in [-0.2, -0.15) is 10.2 Å². The number of nitrogens with zero attached hydrogens (tertiary/aromatic N) is 2. The van der Waals surface area contributed by atoms with Crippen molar-refractivity contribution < 1.29 is 24.5 Å². The number of amides is 2. The van der Waals surface area contributed by atoms with Gasteiger partial charge in [0, 0.05) is 16.9 Å². The third kappa shape index (κ3) is 5.64. The highest BCUT2D eigenvalue weighted by molar-refractivity contribution is 6.00. The van der Waals surface area contributed by atoms with Crippen LogP contribution in [0.15, 0.2) is 77.0 Å². The zero-order valence-electron chi connectivity index (χ0n) is 16.6. The van der Waals surface area contributed by atoms with Crippen molar-refractivity contribution in [2.75, 3.05) is 17.7 Å². The number of nitrogens with one attached hydrogen (secondary N) is 2. The van der Waals surface area contributed by atoms with Crippen molar-refractivity contribution in [3.8, 4) is 5.75 Å². The summed E-state index contributed by atoms with van der Waals surface area (Å²) in [6, 6.07) is 17.3. The van der Waals surface area contributed by atoms with Gasteiger partial charge in [-0.1, -0.05) is 18.2 Å². The van der Waals surface area contributed by atoms with Gasteiger partial charge in [0.05, 0.1) is 25.1 Å². The number of carbonyl (C=O) groups excluding carboxylic acids is 2. The van der Waals surface area contributed by atoms with Crippen LogP contribution >= 0.6 is 0 Å². The Bertz CT molecular complexity index is 1110. The fraction of sp³-hybridized carbons (Fsp3) is 0.0909. The molecule has 9 nitrogen and oxygen atoms in total. The molecule has 0 unspecified atom stereocenters. The Balaban J connectivity index is 1.64. The number of anilines is 2. The highest BCUT2D eigenvalue weighted by atomic mass is 16.5. The molecule has 0 aliphatic rings. The first-order chi connectivity index (χ1) is 15.0. The maximum absolute atomic E-state index is 12.2. The predicted molar refractivity (Wildman–Crippen MR) is 115 cm³/mol. The van der Waals surface area contributed by atoms with E-state index in [2.05, 4.69) is 25.6 Å². The van der Waals surface area contributed by atoms with Crippen molar-refractivity contribution in [2.45, 2.75) is 6.61 Å². The lowest BCUT2D eigenvalue weighted by atomic mass is 10.2. The summed E-state index contributed by atoms with van der Waals surface area (Å²) >= 11 is 0. The van der Waals surface area contributed by atoms with Crippen molar-refractivity contribution >= 4 is 34.7 Å². The Hall–Kier alpha value is -4.24. The zero-order chi connectivity index (χ0) is 22.2. The van der Waals surface area contributed by atoms with Crippen molar-refractivity contribution in [2.24, 2.45) is 10.2 Å². The van der Waals surface area contributed by atoms with Crippen LogP contribution in [-0.2, 0) is 11.3 Å². The molecule has 0 aromatic heterocycles. The van der Waals surface area contributed by atoms with Crippen LogP contribution in [0, 0.1) is 0 Å². The van der Waals surface area contributed by atoms with Crippen molar-refractivity contribution in [3.63, 3.8) is 0 Å². The number of aromatic hydroxyl groups is 1. The van der Waals surface area contributed by atoms with Crippen LogP contribution in [-0.4, -0.2) is 29.3 Å². The number of phenolic OH excluding ortho intramolecular Hbond substituents is 1. The van der Waals surface area contributed by atoms with Gasteiger partial charge < -0.3 is 25.6 Å². The number of hydrogen-bond donors (Lipinski definition) is 4. The summed E-state index contributed by atoms with van der Waals surface area (Å²) < 4.78 is 4.61. The van der Waals surface area contributed by atoms with Gasteiger partial charge in [-0.15, -0.1) is 0 Å². The van der Waals surface area contributed by atoms with E-state index in [9.17, 15) is 19.8 Å². The molecule has 0 spiro atoms. The Morgan fingerprint density at radius 2 is 1.61 bits per heavy atom. The van der Waals surface area contributed by atoms with Crippen molar-refractivity contribution in [1.29, 1.82) is 0 Å². The third-order valence-corrected chi connectivity index (χ3v) is 4.23. The van der Waals surface area contributed by atoms with Crippen LogP contribution in [0.4, 0.5) is 27.5 Å². The highest BCUT2D eigenvalue weighted by Gasteiger charge is 2.12. The maximum atomic E-state index is 12.2. The number of ether oxygens (including phenoxy) is 1. The number of urea groups is 1. The minimum atomic E-state index is -0.676. The molecule has 158 valence electrons. The van der Waals surface area contributed by atoms with Gasteiger partial charge >= 0.3 is 12.0 Å². The summed E-state index contributed by atoms with van der Waals surface area (Å²) in [5, 5.41) is 32.5. The van der Waals surface area contributed by atoms with Crippen molar-refractivity contribution in [3.05, 3.63) is 77.9 Å². The molecule has 0 fully saturated rings. The van der Waals surface area contributed by atoms with Crippen LogP contribution < -0.4 is 10.6 Å². The standard InChI is InChI=1S/C22H20N4O5/c1-31-21(29)18-12-17(10-11-20(18)28)26-25-16-8-6-15(7-9-16)23-22(30)24-19-5-3-2-4-14(19)13-27/h2-12,27-28H,13H2,1H3,(H2,23,24,30). The van der Waals surface area contributed by atoms with Crippen LogP contribution in [0.1, 0.15) is 15.9 Å². The summed E-state index contributed by atoms with van der Waals surface area (Å²) in [7, 11) is 1.22. The lowest BCUT2D eigenvalue weighted by Crippen LogP contribution is -2.20. The monoisotopic (exact) mass is 420 g/mol. The lowest BCUT2D eigenvalue weighted by molar-refractivity contribution is 0.0597. The average molecular weight is 420 g/mol. The summed E-state index contributed by atoms with van der Waals surface area (Å²) in [4.78, 5) is 23.8. The minimum absolute atomic E-state index is 0.00715. The number of aliphatic hydroxyl groups is 1. The third-order valence-electron chi connectivity index (χ3n) is 4.23. The number of phenols is 1. The van der Waals surface area contributed by atoms with Gasteiger partial charge in [0.25, 0.3) is 0 Å². The van der Waals surface area contributed by atoms with Crippen LogP contribution in [0.2, 0.25) is 0 Å². The molecule has 2 amide bonds. The molecule has 3 aromatic rings. The number of benzene rings is 3. The number of rotatable bonds is 6. The molecule has 3 rings (SSSR count). The first-order valence-corrected chi connectivity index (χ1v) is 9.20. The van der Waals surface area contributed by atoms with E-state index in [4.69, 9.17) is 0 Å². The average Bonchev–Trinajstić information content (AvgIpc) is 2.79. The molecule has 0 aliphatic heterocycles. The van der Waals surface area contributed by atoms with E-state index in [1.807, 2.05) is 0 Å². The van der Waals surface area contributed by atoms with Gasteiger partial charge in [0.15, 0.2) is 0 Å². The van der Waals surface area contributed by atoms with Crippen molar-refractivity contribution in [1.82, 2.24) is 0 Å². The molecule has 31 heavy (non-hydrogen) atoms. The Labute approximate surface area is 178 Å². The first kappa shape index (κ1) is 21.5. The summed E-state index contributed by atoms with van der Waals surface area (Å²) in [5.74, 6) is -0.883. The van der Waals surface area contributed by atoms with Gasteiger partial charge in [0.2, 0.25) is 0 Å². The second kappa shape index (κ2) is 9.99. The molecular weight excluding hydrogens is 400 g/mol. The van der Waals surface area contributed by atoms with E-state index in [1.54, 1.807) is 48.5 Å². The lowest BCUT2D eigenvalue weighted by Gasteiger charge is -2.10. The molecular formula is C22H20N4O5. The molecule has 0 bridgehead atoms. The molecule has 3 aromatic carbocycles. The predicted octanol–water partition coefficient (Wildman–Crippen LogP) is 4.73. The highest BCUT2D eigenvalue weighted by Crippen LogP contribution is 2.26. The number of carbonyl (C=O) groups is 2. The summed E-state index contributed by atoms with van der Waals surface area (Å²) in [6.45, 7) is -0.182. The van der Waals surface area contributed by atoms with E-state index in [-0.39, 0.29) is 17.9 Å². The molecule has 9 heteroatoms. The quantitative estimate of drug-likeness (QED) is 0.338. The fourth-order valence-electron chi connectivity index (χ4n) is 2.65. The number of para-hydroxylation sites is 1. The number of aliphatic hydroxyl groups excluding tert-OH is 1. The van der Waals surface area contributed by atoms with Crippen LogP contribution in [0.5, 0.6) is 5.75 Å². The zero-order valence-corrected chi connectivity index (χ0v) is 16.6. The number of azo groups is 1. The topological polar surface area (TPSA) is 133 Å². The first-order valence-electron chi connectivity index (χ1n) is 9.20. The smallest absolute Gasteiger partial charge is 0.341 e. The Morgan fingerprint density at radius 1 is 0.935 bits per heavy atom. The van der Waals surface area contributed by atoms with E-state index >= 15 is 0 Å². The SMILES string of the molecule is COC(=O)c1cc(N=Nc2ccc(NC(=O)Nc3ccccc3CO)cc2)ccc1O. The van der Waals surface area contributed by atoms with E-state index in [0.29, 0.717) is 28.3 Å². The van der Waals surface area contributed by atoms with E-state index < -0.39 is 12.0 Å². The second-order valence-corrected chi connectivity index (χ2v) is 6.33. The summed E-state index contributed by atoms with van der Waals surface area (Å²) in [6.07, 6.45) is 0. The second-order valence-electron chi connectivity index (χ2n) is 6.33. The van der Waals surface area contributed by atoms with E-state index in [0.717, 1.165) is 0 Å². The largest absolute Gasteiger partial charge is 0.507 e. The Morgan fingerprint density at radius 3 is 2.32 bits per heavy atom. The van der Waals surface area contributed by atoms with E-state index in [1.165, 1.54) is 25.3 Å². The fourth-order valence-corrected chi connectivity index (χ4v) is 2.65. The minimum Gasteiger partial charge on any atom is -0.507 e. The molecule has 0 aliphatic carbocycles. The van der Waals surface area contributed by atoms with Gasteiger partial charge in [0.1, 0.15) is 11.3 Å². The molecule has 0 radical (unpaired) electrons. The molecule has 0 saturated carbocycles. The number of hydrogen-bond acceptors (Lipinski definition) is 7. The van der Waals surface area contributed by atoms with Gasteiger partial charge in [-0.3, -0.25) is 0 Å². The van der Waals surface area contributed by atoms with Crippen LogP contribution in [0.3, 0.4) is 0 Å². The number of esters is 1. The normalized spacial score (nSPS) is 10.6.